The topological polar surface area (TPSA) is 56.0 Å². The molecule has 5 fully saturated rings. The Morgan fingerprint density at radius 3 is 2.71 bits per heavy atom. The molecular weight excluding hydrogens is 356 g/mol. The third-order valence-electron chi connectivity index (χ3n) is 7.72. The Morgan fingerprint density at radius 2 is 1.93 bits per heavy atom. The standard InChI is InChI=1S/C22H34N2O4/c1-13-6-8-17-14(2)19(18-9-7-15(23-18)12-24(4)5)25-20-22(17)16(13)10-11-21(3,26-20)27-28-22/h7,9,13-14,16-17,19-20,23H,6,8,10-12H2,1-5H3/t13-,14-,16+,17+,19-,20-,21+,22-/m1/s1. The number of aromatic amines is 1. The van der Waals surface area contributed by atoms with E-state index in [0.717, 1.165) is 31.5 Å². The fourth-order valence-electron chi connectivity index (χ4n) is 6.32. The normalized spacial score (nSPS) is 47.8. The van der Waals surface area contributed by atoms with Gasteiger partial charge in [-0.1, -0.05) is 13.8 Å². The highest BCUT2D eigenvalue weighted by Crippen LogP contribution is 2.62. The second-order valence-corrected chi connectivity index (χ2v) is 10.0. The molecule has 1 aromatic heterocycles. The highest BCUT2D eigenvalue weighted by Gasteiger charge is 2.69. The van der Waals surface area contributed by atoms with Crippen molar-refractivity contribution in [2.75, 3.05) is 14.1 Å². The number of fused-ring (bicyclic) bond motifs is 2. The van der Waals surface area contributed by atoms with Gasteiger partial charge < -0.3 is 19.4 Å². The third kappa shape index (κ3) is 2.72. The lowest BCUT2D eigenvalue weighted by Gasteiger charge is -2.60. The van der Waals surface area contributed by atoms with Crippen LogP contribution in [-0.2, 0) is 25.8 Å². The summed E-state index contributed by atoms with van der Waals surface area (Å²) in [6.45, 7) is 7.54. The summed E-state index contributed by atoms with van der Waals surface area (Å²) < 4.78 is 13.1. The molecule has 2 bridgehead atoms. The van der Waals surface area contributed by atoms with Gasteiger partial charge in [-0.05, 0) is 70.2 Å². The average Bonchev–Trinajstić information content (AvgIpc) is 2.96. The Kier molecular flexibility index (Phi) is 4.45. The van der Waals surface area contributed by atoms with Crippen LogP contribution in [0.15, 0.2) is 12.1 Å². The zero-order valence-corrected chi connectivity index (χ0v) is 17.7. The molecule has 1 N–H and O–H groups in total. The van der Waals surface area contributed by atoms with E-state index in [-0.39, 0.29) is 12.4 Å². The van der Waals surface area contributed by atoms with Crippen LogP contribution in [0.5, 0.6) is 0 Å². The van der Waals surface area contributed by atoms with Crippen LogP contribution in [0.1, 0.15) is 63.9 Å². The first kappa shape index (κ1) is 19.1. The predicted octanol–water partition coefficient (Wildman–Crippen LogP) is 4.00. The Balaban J connectivity index is 1.50. The largest absolute Gasteiger partial charge is 0.359 e. The fraction of sp³-hybridized carbons (Fsp3) is 0.818. The lowest BCUT2D eigenvalue weighted by molar-refractivity contribution is -0.571. The van der Waals surface area contributed by atoms with Crippen molar-refractivity contribution in [2.45, 2.75) is 76.8 Å². The number of nitrogens with zero attached hydrogens (tertiary/aromatic N) is 1. The lowest BCUT2D eigenvalue weighted by Crippen LogP contribution is -2.69. The minimum absolute atomic E-state index is 0.0165. The van der Waals surface area contributed by atoms with E-state index in [4.69, 9.17) is 19.2 Å². The van der Waals surface area contributed by atoms with Gasteiger partial charge in [-0.2, -0.15) is 0 Å². The molecule has 5 heterocycles. The van der Waals surface area contributed by atoms with Gasteiger partial charge in [0.2, 0.25) is 5.79 Å². The second-order valence-electron chi connectivity index (χ2n) is 10.0. The molecule has 6 rings (SSSR count). The highest BCUT2D eigenvalue weighted by atomic mass is 17.3. The first-order chi connectivity index (χ1) is 13.3. The highest BCUT2D eigenvalue weighted by molar-refractivity contribution is 5.19. The first-order valence-corrected chi connectivity index (χ1v) is 10.8. The lowest BCUT2D eigenvalue weighted by atomic mass is 9.57. The van der Waals surface area contributed by atoms with Crippen molar-refractivity contribution >= 4 is 0 Å². The van der Waals surface area contributed by atoms with Crippen LogP contribution >= 0.6 is 0 Å². The number of hydrogen-bond donors (Lipinski definition) is 1. The number of aromatic nitrogens is 1. The van der Waals surface area contributed by atoms with E-state index in [1.165, 1.54) is 12.1 Å². The van der Waals surface area contributed by atoms with E-state index in [9.17, 15) is 0 Å². The van der Waals surface area contributed by atoms with Crippen LogP contribution in [0.2, 0.25) is 0 Å². The molecule has 4 saturated heterocycles. The summed E-state index contributed by atoms with van der Waals surface area (Å²) in [6, 6.07) is 4.34. The van der Waals surface area contributed by atoms with Gasteiger partial charge >= 0.3 is 0 Å². The number of H-pyrrole nitrogens is 1. The van der Waals surface area contributed by atoms with Crippen molar-refractivity contribution in [3.63, 3.8) is 0 Å². The predicted molar refractivity (Wildman–Crippen MR) is 104 cm³/mol. The van der Waals surface area contributed by atoms with Crippen molar-refractivity contribution < 1.29 is 19.2 Å². The van der Waals surface area contributed by atoms with Crippen molar-refractivity contribution in [3.8, 4) is 0 Å². The van der Waals surface area contributed by atoms with Crippen molar-refractivity contribution in [2.24, 2.45) is 23.7 Å². The van der Waals surface area contributed by atoms with Crippen LogP contribution in [0.25, 0.3) is 0 Å². The monoisotopic (exact) mass is 390 g/mol. The van der Waals surface area contributed by atoms with Gasteiger partial charge in [-0.15, -0.1) is 0 Å². The molecule has 1 spiro atoms. The van der Waals surface area contributed by atoms with Gasteiger partial charge in [0.05, 0.1) is 0 Å². The van der Waals surface area contributed by atoms with Gasteiger partial charge in [-0.3, -0.25) is 0 Å². The first-order valence-electron chi connectivity index (χ1n) is 10.8. The van der Waals surface area contributed by atoms with E-state index in [0.29, 0.717) is 23.7 Å². The van der Waals surface area contributed by atoms with Gasteiger partial charge in [0.1, 0.15) is 6.10 Å². The van der Waals surface area contributed by atoms with Gasteiger partial charge in [-0.25, -0.2) is 9.78 Å². The molecule has 6 heteroatoms. The van der Waals surface area contributed by atoms with Crippen molar-refractivity contribution in [1.29, 1.82) is 0 Å². The number of hydrogen-bond acceptors (Lipinski definition) is 5. The van der Waals surface area contributed by atoms with Crippen LogP contribution in [0.4, 0.5) is 0 Å². The zero-order chi connectivity index (χ0) is 19.7. The van der Waals surface area contributed by atoms with E-state index in [2.05, 4.69) is 50.0 Å². The summed E-state index contributed by atoms with van der Waals surface area (Å²) in [4.78, 5) is 17.9. The molecule has 0 radical (unpaired) electrons. The van der Waals surface area contributed by atoms with E-state index in [1.807, 2.05) is 6.92 Å². The van der Waals surface area contributed by atoms with E-state index in [1.54, 1.807) is 0 Å². The van der Waals surface area contributed by atoms with Crippen molar-refractivity contribution in [3.05, 3.63) is 23.5 Å². The average molecular weight is 391 g/mol. The molecule has 156 valence electrons. The molecule has 1 aliphatic carbocycles. The van der Waals surface area contributed by atoms with Gasteiger partial charge in [0, 0.05) is 30.3 Å². The Labute approximate surface area is 167 Å². The molecule has 4 aliphatic heterocycles. The summed E-state index contributed by atoms with van der Waals surface area (Å²) in [5.74, 6) is 0.981. The fourth-order valence-corrected chi connectivity index (χ4v) is 6.32. The van der Waals surface area contributed by atoms with Crippen LogP contribution in [0, 0.1) is 23.7 Å². The summed E-state index contributed by atoms with van der Waals surface area (Å²) in [7, 11) is 4.17. The van der Waals surface area contributed by atoms with E-state index < -0.39 is 11.4 Å². The third-order valence-corrected chi connectivity index (χ3v) is 7.72. The molecule has 0 amide bonds. The van der Waals surface area contributed by atoms with Gasteiger partial charge in [0.25, 0.3) is 0 Å². The molecule has 6 nitrogen and oxygen atoms in total. The van der Waals surface area contributed by atoms with Crippen LogP contribution in [-0.4, -0.2) is 41.7 Å². The molecule has 1 saturated carbocycles. The number of nitrogens with one attached hydrogen (secondary N) is 1. The SMILES string of the molecule is C[C@H]1[C@H](c2ccc(CN(C)C)[nH]2)O[C@@H]2O[C@]3(C)CC[C@H]4[C@H](C)CC[C@@H]1[C@@]24OO3. The maximum Gasteiger partial charge on any atom is 0.201 e. The molecule has 28 heavy (non-hydrogen) atoms. The molecule has 8 atom stereocenters. The van der Waals surface area contributed by atoms with Crippen LogP contribution < -0.4 is 0 Å². The maximum absolute atomic E-state index is 6.69. The quantitative estimate of drug-likeness (QED) is 0.791. The number of ether oxygens (including phenoxy) is 2. The summed E-state index contributed by atoms with van der Waals surface area (Å²) >= 11 is 0. The Hall–Kier alpha value is -0.920. The van der Waals surface area contributed by atoms with Crippen LogP contribution in [0.3, 0.4) is 0 Å². The minimum atomic E-state index is -0.714. The summed E-state index contributed by atoms with van der Waals surface area (Å²) in [5.41, 5.74) is 1.87. The van der Waals surface area contributed by atoms with Gasteiger partial charge in [0.15, 0.2) is 11.9 Å². The molecule has 0 unspecified atom stereocenters. The summed E-state index contributed by atoms with van der Waals surface area (Å²) in [6.07, 6.45) is 3.89. The smallest absolute Gasteiger partial charge is 0.201 e. The summed E-state index contributed by atoms with van der Waals surface area (Å²) in [5, 5.41) is 0. The molecule has 0 aromatic carbocycles. The van der Waals surface area contributed by atoms with Crippen molar-refractivity contribution in [1.82, 2.24) is 9.88 Å². The maximum atomic E-state index is 6.69. The molecular formula is C22H34N2O4. The molecule has 5 aliphatic rings. The molecule has 1 aromatic rings. The Bertz CT molecular complexity index is 736. The minimum Gasteiger partial charge on any atom is -0.359 e. The Morgan fingerprint density at radius 1 is 1.11 bits per heavy atom. The second kappa shape index (κ2) is 6.54. The zero-order valence-electron chi connectivity index (χ0n) is 17.7. The van der Waals surface area contributed by atoms with E-state index >= 15 is 0 Å². The number of rotatable bonds is 3.